The molecule has 0 atom stereocenters. The van der Waals surface area contributed by atoms with Gasteiger partial charge in [0, 0.05) is 0 Å². The molecule has 4 nitrogen and oxygen atoms in total. The monoisotopic (exact) mass is 417 g/mol. The maximum absolute atomic E-state index is 8.57. The summed E-state index contributed by atoms with van der Waals surface area (Å²) in [7, 11) is 0. The van der Waals surface area contributed by atoms with Crippen molar-refractivity contribution in [3.05, 3.63) is 0 Å². The minimum absolute atomic E-state index is 1.35. The fraction of sp³-hybridized carbons (Fsp3) is 1.00. The number of halogens is 1. The lowest BCUT2D eigenvalue weighted by Crippen LogP contribution is -4.05. The first-order valence-corrected chi connectivity index (χ1v) is 11.2. The Morgan fingerprint density at radius 2 is 0.762 bits per heavy atom. The Morgan fingerprint density at radius 3 is 0.905 bits per heavy atom. The molecule has 0 aliphatic carbocycles. The van der Waals surface area contributed by atoms with Crippen LogP contribution in [0.3, 0.4) is 0 Å². The van der Waals surface area contributed by atoms with E-state index in [0.717, 1.165) is 0 Å². The summed E-state index contributed by atoms with van der Waals surface area (Å²) in [6.07, 6.45) is 11.1. The van der Waals surface area contributed by atoms with Crippen molar-refractivity contribution in [1.29, 1.82) is 0 Å². The molecular formula is C16H36INO3. The van der Waals surface area contributed by atoms with Crippen molar-refractivity contribution in [3.63, 3.8) is 0 Å². The predicted molar refractivity (Wildman–Crippen MR) is 79.4 cm³/mol. The lowest BCUT2D eigenvalue weighted by atomic mass is 10.1. The summed E-state index contributed by atoms with van der Waals surface area (Å²) in [5, 5.41) is 0. The van der Waals surface area contributed by atoms with E-state index in [1.807, 2.05) is 0 Å². The van der Waals surface area contributed by atoms with Gasteiger partial charge in [-0.05, 0) is 25.7 Å². The molecule has 0 amide bonds. The van der Waals surface area contributed by atoms with Crippen molar-refractivity contribution in [3.8, 4) is 0 Å². The van der Waals surface area contributed by atoms with Crippen molar-refractivity contribution >= 4 is 0 Å². The largest absolute Gasteiger partial charge is 0.427 e. The highest BCUT2D eigenvalue weighted by Crippen LogP contribution is 2.16. The Bertz CT molecular complexity index is 164. The van der Waals surface area contributed by atoms with E-state index in [0.29, 0.717) is 0 Å². The van der Waals surface area contributed by atoms with Crippen molar-refractivity contribution in [1.82, 2.24) is 0 Å². The molecule has 0 heterocycles. The van der Waals surface area contributed by atoms with Crippen molar-refractivity contribution in [2.75, 3.05) is 26.2 Å². The van der Waals surface area contributed by atoms with Gasteiger partial charge in [0.1, 0.15) is 0 Å². The lowest BCUT2D eigenvalue weighted by Gasteiger charge is -2.39. The van der Waals surface area contributed by atoms with E-state index < -0.39 is 21.1 Å². The molecule has 0 aromatic rings. The maximum Gasteiger partial charge on any atom is 0.282 e. The second-order valence-corrected chi connectivity index (χ2v) is 6.92. The Kier molecular flexibility index (Phi) is 19.2. The molecule has 0 aromatic carbocycles. The van der Waals surface area contributed by atoms with Crippen molar-refractivity contribution in [2.45, 2.75) is 79.1 Å². The molecule has 21 heavy (non-hydrogen) atoms. The summed E-state index contributed by atoms with van der Waals surface area (Å²) in [5.41, 5.74) is 0. The van der Waals surface area contributed by atoms with E-state index in [1.54, 1.807) is 0 Å². The summed E-state index contributed by atoms with van der Waals surface area (Å²) in [6.45, 7) is 15.0. The third kappa shape index (κ3) is 16.8. The van der Waals surface area contributed by atoms with Crippen LogP contribution in [0.1, 0.15) is 79.1 Å². The molecule has 0 aliphatic rings. The zero-order valence-electron chi connectivity index (χ0n) is 14.5. The Morgan fingerprint density at radius 1 is 0.571 bits per heavy atom. The molecule has 0 bridgehead atoms. The first-order valence-electron chi connectivity index (χ1n) is 8.56. The summed E-state index contributed by atoms with van der Waals surface area (Å²) in [6, 6.07) is 0. The molecule has 130 valence electrons. The summed E-state index contributed by atoms with van der Waals surface area (Å²) in [4.78, 5) is 0. The highest BCUT2D eigenvalue weighted by atomic mass is 127. The van der Waals surface area contributed by atoms with Gasteiger partial charge < -0.3 is 14.8 Å². The van der Waals surface area contributed by atoms with Gasteiger partial charge in [-0.2, -0.15) is 0 Å². The van der Waals surface area contributed by atoms with E-state index in [2.05, 4.69) is 27.7 Å². The summed E-state index contributed by atoms with van der Waals surface area (Å²) in [5.74, 6) is 0. The van der Waals surface area contributed by atoms with Gasteiger partial charge in [-0.25, -0.2) is 0 Å². The lowest BCUT2D eigenvalue weighted by molar-refractivity contribution is -1.73. The van der Waals surface area contributed by atoms with Gasteiger partial charge in [-0.15, -0.1) is 0 Å². The molecule has 0 saturated carbocycles. The van der Waals surface area contributed by atoms with E-state index in [4.69, 9.17) is 10.3 Å². The third-order valence-electron chi connectivity index (χ3n) is 3.94. The second-order valence-electron chi connectivity index (χ2n) is 5.84. The molecule has 0 unspecified atom stereocenters. The van der Waals surface area contributed by atoms with Gasteiger partial charge in [0.15, 0.2) is 0 Å². The molecule has 0 spiro atoms. The molecule has 0 aliphatic heterocycles. The van der Waals surface area contributed by atoms with Crippen molar-refractivity contribution in [2.24, 2.45) is 0 Å². The molecule has 0 N–H and O–H groups in total. The number of hydrogen-bond donors (Lipinski definition) is 0. The normalized spacial score (nSPS) is 11.4. The first kappa shape index (κ1) is 23.8. The number of unbranched alkanes of at least 4 members (excludes halogenated alkanes) is 4. The van der Waals surface area contributed by atoms with Gasteiger partial charge in [-0.1, -0.05) is 53.4 Å². The van der Waals surface area contributed by atoms with Crippen LogP contribution < -0.4 is 31.4 Å². The van der Waals surface area contributed by atoms with E-state index in [9.17, 15) is 0 Å². The van der Waals surface area contributed by atoms with Crippen LogP contribution in [0.2, 0.25) is 0 Å². The quantitative estimate of drug-likeness (QED) is 0.285. The zero-order valence-corrected chi connectivity index (χ0v) is 16.7. The molecular weight excluding hydrogens is 381 g/mol. The predicted octanol–water partition coefficient (Wildman–Crippen LogP) is -1.56. The van der Waals surface area contributed by atoms with Gasteiger partial charge >= 0.3 is 0 Å². The van der Waals surface area contributed by atoms with Gasteiger partial charge in [0.25, 0.3) is 21.1 Å². The van der Waals surface area contributed by atoms with Gasteiger partial charge in [0.05, 0.1) is 26.2 Å². The van der Waals surface area contributed by atoms with Crippen LogP contribution in [-0.4, -0.2) is 30.7 Å². The van der Waals surface area contributed by atoms with E-state index in [-0.39, 0.29) is 0 Å². The molecule has 5 heteroatoms. The topological polar surface area (TPSA) is 69.2 Å². The minimum atomic E-state index is -4.01. The molecule has 0 saturated heterocycles. The van der Waals surface area contributed by atoms with Gasteiger partial charge in [-0.3, -0.25) is 0 Å². The Balaban J connectivity index is 0. The van der Waals surface area contributed by atoms with Crippen LogP contribution in [0.4, 0.5) is 0 Å². The number of quaternary nitrogens is 1. The first-order chi connectivity index (χ1) is 9.97. The molecule has 0 aromatic heterocycles. The van der Waals surface area contributed by atoms with E-state index in [1.165, 1.54) is 82.0 Å². The summed E-state index contributed by atoms with van der Waals surface area (Å²) < 4.78 is 27.1. The van der Waals surface area contributed by atoms with Crippen LogP contribution in [-0.2, 0) is 0 Å². The van der Waals surface area contributed by atoms with Crippen LogP contribution in [0, 0.1) is 0 Å². The fourth-order valence-electron chi connectivity index (χ4n) is 2.64. The maximum atomic E-state index is 8.57. The van der Waals surface area contributed by atoms with Gasteiger partial charge in [0.2, 0.25) is 0 Å². The highest BCUT2D eigenvalue weighted by Gasteiger charge is 2.24. The average molecular weight is 417 g/mol. The van der Waals surface area contributed by atoms with Crippen LogP contribution in [0.25, 0.3) is 0 Å². The number of hydrogen-bond acceptors (Lipinski definition) is 3. The fourth-order valence-corrected chi connectivity index (χ4v) is 2.64. The van der Waals surface area contributed by atoms with E-state index >= 15 is 0 Å². The number of rotatable bonds is 12. The average Bonchev–Trinajstić information content (AvgIpc) is 2.45. The molecule has 0 fully saturated rings. The Hall–Kier alpha value is 0.570. The third-order valence-corrected chi connectivity index (χ3v) is 3.94. The van der Waals surface area contributed by atoms with Crippen molar-refractivity contribution < 1.29 is 35.9 Å². The molecule has 0 rings (SSSR count). The standard InChI is InChI=1S/C16H36N.IO3/c1-5-9-13-17(14-10-6-2,15-11-7-3)16-12-8-4;2-1(3)4/h5-16H2,1-4H3;/q+1;-1. The summed E-state index contributed by atoms with van der Waals surface area (Å²) >= 11 is -4.01. The smallest absolute Gasteiger partial charge is 0.282 e. The Labute approximate surface area is 141 Å². The van der Waals surface area contributed by atoms with Crippen LogP contribution >= 0.6 is 0 Å². The minimum Gasteiger partial charge on any atom is -0.427 e. The van der Waals surface area contributed by atoms with Crippen LogP contribution in [0.15, 0.2) is 0 Å². The van der Waals surface area contributed by atoms with Crippen LogP contribution in [0.5, 0.6) is 0 Å². The second kappa shape index (κ2) is 16.9. The molecule has 0 radical (unpaired) electrons. The number of nitrogens with zero attached hydrogens (tertiary/aromatic N) is 1. The zero-order chi connectivity index (χ0) is 16.6. The highest BCUT2D eigenvalue weighted by molar-refractivity contribution is 4.49. The SMILES string of the molecule is CCCC[N+](CCCC)(CCCC)CCCC.[O-][I+2]([O-])[O-].